The highest BCUT2D eigenvalue weighted by atomic mass is 19.1. The van der Waals surface area contributed by atoms with E-state index in [-0.39, 0.29) is 11.7 Å². The van der Waals surface area contributed by atoms with Gasteiger partial charge < -0.3 is 19.5 Å². The van der Waals surface area contributed by atoms with Crippen LogP contribution in [0.4, 0.5) is 4.39 Å². The van der Waals surface area contributed by atoms with Gasteiger partial charge in [0.1, 0.15) is 12.4 Å². The Hall–Kier alpha value is -3.06. The zero-order valence-electron chi connectivity index (χ0n) is 14.8. The summed E-state index contributed by atoms with van der Waals surface area (Å²) in [5.41, 5.74) is 3.06. The number of hydrogen-bond acceptors (Lipinski definition) is 4. The number of aromatic nitrogens is 2. The van der Waals surface area contributed by atoms with Gasteiger partial charge in [-0.2, -0.15) is 0 Å². The molecule has 140 valence electrons. The summed E-state index contributed by atoms with van der Waals surface area (Å²) in [6.45, 7) is 3.89. The van der Waals surface area contributed by atoms with Crippen LogP contribution in [-0.4, -0.2) is 29.7 Å². The lowest BCUT2D eigenvalue weighted by Crippen LogP contribution is -2.25. The minimum atomic E-state index is -0.497. The lowest BCUT2D eigenvalue weighted by molar-refractivity contribution is 0.311. The molecule has 0 fully saturated rings. The van der Waals surface area contributed by atoms with Crippen molar-refractivity contribution in [2.45, 2.75) is 12.8 Å². The van der Waals surface area contributed by atoms with Crippen molar-refractivity contribution in [2.24, 2.45) is 0 Å². The number of oxazole rings is 1. The van der Waals surface area contributed by atoms with Crippen LogP contribution in [-0.2, 0) is 0 Å². The number of H-pyrrole nitrogens is 2. The molecule has 0 spiro atoms. The van der Waals surface area contributed by atoms with Gasteiger partial charge in [0.2, 0.25) is 0 Å². The molecule has 2 aromatic carbocycles. The fourth-order valence-corrected chi connectivity index (χ4v) is 3.25. The Morgan fingerprint density at radius 1 is 1.26 bits per heavy atom. The predicted octanol–water partition coefficient (Wildman–Crippen LogP) is 3.51. The second-order valence-electron chi connectivity index (χ2n) is 6.53. The summed E-state index contributed by atoms with van der Waals surface area (Å²) in [5.74, 6) is 0.0186. The van der Waals surface area contributed by atoms with Gasteiger partial charge in [-0.3, -0.25) is 4.98 Å². The van der Waals surface area contributed by atoms with Crippen LogP contribution in [0.3, 0.4) is 0 Å². The highest BCUT2D eigenvalue weighted by Gasteiger charge is 2.12. The molecule has 0 radical (unpaired) electrons. The average molecular weight is 369 g/mol. The molecule has 6 nitrogen and oxygen atoms in total. The molecule has 2 aromatic heterocycles. The van der Waals surface area contributed by atoms with Gasteiger partial charge in [-0.1, -0.05) is 13.0 Å². The Morgan fingerprint density at radius 2 is 2.15 bits per heavy atom. The Balaban J connectivity index is 1.32. The van der Waals surface area contributed by atoms with E-state index < -0.39 is 5.76 Å². The summed E-state index contributed by atoms with van der Waals surface area (Å²) in [6.07, 6.45) is 1.93. The summed E-state index contributed by atoms with van der Waals surface area (Å²) in [5, 5.41) is 4.26. The molecule has 1 unspecified atom stereocenters. The number of halogens is 1. The normalized spacial score (nSPS) is 12.7. The number of rotatable bonds is 7. The number of aromatic amines is 2. The Bertz CT molecular complexity index is 1130. The molecule has 0 saturated carbocycles. The van der Waals surface area contributed by atoms with E-state index in [0.717, 1.165) is 23.0 Å². The van der Waals surface area contributed by atoms with E-state index in [4.69, 9.17) is 9.15 Å². The molecular formula is C20H20FN3O3. The van der Waals surface area contributed by atoms with Crippen molar-refractivity contribution in [2.75, 3.05) is 19.7 Å². The second kappa shape index (κ2) is 7.28. The zero-order valence-corrected chi connectivity index (χ0v) is 14.8. The van der Waals surface area contributed by atoms with Crippen molar-refractivity contribution in [1.29, 1.82) is 0 Å². The summed E-state index contributed by atoms with van der Waals surface area (Å²) >= 11 is 0. The Labute approximate surface area is 154 Å². The maximum Gasteiger partial charge on any atom is 0.417 e. The summed E-state index contributed by atoms with van der Waals surface area (Å²) in [4.78, 5) is 17.1. The molecule has 3 N–H and O–H groups in total. The first kappa shape index (κ1) is 17.4. The molecule has 0 bridgehead atoms. The molecule has 2 heterocycles. The summed E-state index contributed by atoms with van der Waals surface area (Å²) in [7, 11) is 0. The van der Waals surface area contributed by atoms with Gasteiger partial charge in [-0.25, -0.2) is 9.18 Å². The molecular weight excluding hydrogens is 349 g/mol. The summed E-state index contributed by atoms with van der Waals surface area (Å²) < 4.78 is 24.3. The largest absolute Gasteiger partial charge is 0.488 e. The molecule has 7 heteroatoms. The number of benzene rings is 2. The molecule has 4 rings (SSSR count). The van der Waals surface area contributed by atoms with E-state index in [1.54, 1.807) is 30.3 Å². The van der Waals surface area contributed by atoms with Gasteiger partial charge in [-0.15, -0.1) is 0 Å². The van der Waals surface area contributed by atoms with Gasteiger partial charge in [0.05, 0.1) is 5.52 Å². The van der Waals surface area contributed by atoms with E-state index in [1.807, 2.05) is 6.20 Å². The third kappa shape index (κ3) is 3.59. The van der Waals surface area contributed by atoms with E-state index in [0.29, 0.717) is 30.0 Å². The van der Waals surface area contributed by atoms with Crippen molar-refractivity contribution in [1.82, 2.24) is 15.3 Å². The van der Waals surface area contributed by atoms with Gasteiger partial charge >= 0.3 is 5.76 Å². The smallest absolute Gasteiger partial charge is 0.417 e. The molecule has 0 aliphatic carbocycles. The molecule has 0 aliphatic heterocycles. The van der Waals surface area contributed by atoms with E-state index in [2.05, 4.69) is 22.2 Å². The number of fused-ring (bicyclic) bond motifs is 2. The van der Waals surface area contributed by atoms with Gasteiger partial charge in [0.15, 0.2) is 11.3 Å². The highest BCUT2D eigenvalue weighted by molar-refractivity contribution is 5.83. The fourth-order valence-electron chi connectivity index (χ4n) is 3.25. The third-order valence-corrected chi connectivity index (χ3v) is 4.60. The standard InChI is InChI=1S/C20H20FN3O3/c1-12(15-11-23-16-6-5-13(21)9-14(15)16)10-22-7-8-26-18-4-2-3-17-19(18)27-20(25)24-17/h2-6,9,11-12,22-23H,7-8,10H2,1H3,(H,24,25). The van der Waals surface area contributed by atoms with Crippen LogP contribution in [0.5, 0.6) is 5.75 Å². The first-order chi connectivity index (χ1) is 13.1. The number of nitrogens with one attached hydrogen (secondary N) is 3. The van der Waals surface area contributed by atoms with Crippen LogP contribution in [0.2, 0.25) is 0 Å². The zero-order chi connectivity index (χ0) is 18.8. The predicted molar refractivity (Wildman–Crippen MR) is 102 cm³/mol. The van der Waals surface area contributed by atoms with Crippen LogP contribution < -0.4 is 15.8 Å². The first-order valence-electron chi connectivity index (χ1n) is 8.83. The third-order valence-electron chi connectivity index (χ3n) is 4.60. The number of para-hydroxylation sites is 1. The lowest BCUT2D eigenvalue weighted by atomic mass is 10.0. The number of ether oxygens (including phenoxy) is 1. The van der Waals surface area contributed by atoms with Crippen LogP contribution in [0, 0.1) is 5.82 Å². The van der Waals surface area contributed by atoms with E-state index in [1.165, 1.54) is 6.07 Å². The molecule has 0 saturated heterocycles. The minimum Gasteiger partial charge on any atom is -0.488 e. The molecule has 4 aromatic rings. The maximum absolute atomic E-state index is 13.5. The van der Waals surface area contributed by atoms with Crippen molar-refractivity contribution >= 4 is 22.0 Å². The van der Waals surface area contributed by atoms with Crippen LogP contribution in [0.25, 0.3) is 22.0 Å². The van der Waals surface area contributed by atoms with Crippen LogP contribution in [0.1, 0.15) is 18.4 Å². The van der Waals surface area contributed by atoms with Crippen LogP contribution in [0.15, 0.2) is 51.8 Å². The number of hydrogen-bond donors (Lipinski definition) is 3. The van der Waals surface area contributed by atoms with Gasteiger partial charge in [0.25, 0.3) is 0 Å². The van der Waals surface area contributed by atoms with Crippen molar-refractivity contribution < 1.29 is 13.5 Å². The Kier molecular flexibility index (Phi) is 4.68. The monoisotopic (exact) mass is 369 g/mol. The maximum atomic E-state index is 13.5. The van der Waals surface area contributed by atoms with Gasteiger partial charge in [0, 0.05) is 30.2 Å². The first-order valence-corrected chi connectivity index (χ1v) is 8.83. The van der Waals surface area contributed by atoms with Crippen molar-refractivity contribution in [3.05, 3.63) is 64.5 Å². The minimum absolute atomic E-state index is 0.215. The van der Waals surface area contributed by atoms with E-state index in [9.17, 15) is 9.18 Å². The molecule has 1 atom stereocenters. The average Bonchev–Trinajstić information content (AvgIpc) is 3.23. The van der Waals surface area contributed by atoms with Crippen LogP contribution >= 0.6 is 0 Å². The summed E-state index contributed by atoms with van der Waals surface area (Å²) in [6, 6.07) is 10.1. The van der Waals surface area contributed by atoms with Crippen molar-refractivity contribution in [3.63, 3.8) is 0 Å². The lowest BCUT2D eigenvalue weighted by Gasteiger charge is -2.13. The second-order valence-corrected chi connectivity index (χ2v) is 6.53. The molecule has 0 aliphatic rings. The topological polar surface area (TPSA) is 83.0 Å². The van der Waals surface area contributed by atoms with Crippen molar-refractivity contribution in [3.8, 4) is 5.75 Å². The fraction of sp³-hybridized carbons (Fsp3) is 0.250. The molecule has 0 amide bonds. The van der Waals surface area contributed by atoms with Gasteiger partial charge in [-0.05, 0) is 41.8 Å². The Morgan fingerprint density at radius 3 is 3.04 bits per heavy atom. The SMILES string of the molecule is CC(CNCCOc1cccc2[nH]c(=O)oc12)c1c[nH]c2ccc(F)cc12. The highest BCUT2D eigenvalue weighted by Crippen LogP contribution is 2.26. The molecule has 27 heavy (non-hydrogen) atoms. The quantitative estimate of drug-likeness (QED) is 0.435. The van der Waals surface area contributed by atoms with E-state index >= 15 is 0 Å².